The lowest BCUT2D eigenvalue weighted by atomic mass is 9.67. The molecule has 7 heteroatoms. The van der Waals surface area contributed by atoms with Crippen molar-refractivity contribution in [3.8, 4) is 0 Å². The highest BCUT2D eigenvalue weighted by Gasteiger charge is 2.42. The zero-order chi connectivity index (χ0) is 9.73. The topological polar surface area (TPSA) is 118 Å². The number of hydrogen-bond acceptors (Lipinski definition) is 3. The highest BCUT2D eigenvalue weighted by atomic mass is 16.3. The number of nitrogens with zero attached hydrogens (tertiary/aromatic N) is 6. The minimum absolute atomic E-state index is 0.291. The molecule has 1 fully saturated rings. The molecule has 1 saturated carbocycles. The van der Waals surface area contributed by atoms with Crippen molar-refractivity contribution in [1.29, 1.82) is 0 Å². The maximum Gasteiger partial charge on any atom is 0.0550 e. The van der Waals surface area contributed by atoms with E-state index >= 15 is 0 Å². The maximum atomic E-state index is 9.11. The quantitative estimate of drug-likeness (QED) is 0.397. The van der Waals surface area contributed by atoms with E-state index < -0.39 is 0 Å². The second kappa shape index (κ2) is 4.00. The van der Waals surface area contributed by atoms with Gasteiger partial charge in [-0.25, -0.2) is 0 Å². The highest BCUT2D eigenvalue weighted by molar-refractivity contribution is 4.97. The number of aliphatic hydroxyl groups excluding tert-OH is 1. The van der Waals surface area contributed by atoms with Crippen molar-refractivity contribution >= 4 is 0 Å². The molecular formula is C6H10N6O. The van der Waals surface area contributed by atoms with Crippen LogP contribution in [0.4, 0.5) is 0 Å². The molecule has 1 N–H and O–H groups in total. The summed E-state index contributed by atoms with van der Waals surface area (Å²) in [6.45, 7) is 0.583. The van der Waals surface area contributed by atoms with Gasteiger partial charge in [0.25, 0.3) is 0 Å². The molecule has 0 saturated heterocycles. The van der Waals surface area contributed by atoms with Crippen molar-refractivity contribution in [2.45, 2.75) is 18.9 Å². The van der Waals surface area contributed by atoms with Crippen molar-refractivity contribution < 1.29 is 5.11 Å². The van der Waals surface area contributed by atoms with Gasteiger partial charge >= 0.3 is 0 Å². The predicted molar refractivity (Wildman–Crippen MR) is 45.7 cm³/mol. The summed E-state index contributed by atoms with van der Waals surface area (Å²) in [5, 5.41) is 16.0. The molecule has 0 aromatic carbocycles. The summed E-state index contributed by atoms with van der Waals surface area (Å²) in [5.74, 6) is 0. The molecule has 1 aliphatic rings. The number of hydrogen-bond donors (Lipinski definition) is 1. The van der Waals surface area contributed by atoms with Crippen LogP contribution in [-0.2, 0) is 0 Å². The van der Waals surface area contributed by atoms with Crippen LogP contribution in [0.3, 0.4) is 0 Å². The van der Waals surface area contributed by atoms with E-state index in [0.29, 0.717) is 25.9 Å². The lowest BCUT2D eigenvalue weighted by Gasteiger charge is -2.43. The summed E-state index contributed by atoms with van der Waals surface area (Å²) < 4.78 is 0. The Hall–Kier alpha value is -1.42. The molecule has 0 aliphatic heterocycles. The van der Waals surface area contributed by atoms with Crippen LogP contribution in [0.15, 0.2) is 10.2 Å². The van der Waals surface area contributed by atoms with Gasteiger partial charge in [0.1, 0.15) is 0 Å². The van der Waals surface area contributed by atoms with E-state index in [9.17, 15) is 0 Å². The molecule has 70 valence electrons. The highest BCUT2D eigenvalue weighted by Crippen LogP contribution is 2.41. The Morgan fingerprint density at radius 3 is 2.00 bits per heavy atom. The molecule has 0 bridgehead atoms. The zero-order valence-electron chi connectivity index (χ0n) is 7.04. The van der Waals surface area contributed by atoms with Crippen molar-refractivity contribution in [2.24, 2.45) is 15.6 Å². The third kappa shape index (κ3) is 2.26. The summed E-state index contributed by atoms with van der Waals surface area (Å²) >= 11 is 0. The first-order valence-electron chi connectivity index (χ1n) is 3.92. The number of rotatable bonds is 4. The van der Waals surface area contributed by atoms with E-state index in [4.69, 9.17) is 16.2 Å². The van der Waals surface area contributed by atoms with Gasteiger partial charge in [0.2, 0.25) is 0 Å². The standard InChI is InChI=1S/C6H10N6O/c7-11-9-3-6(4-10-12-8)1-5(13)2-6/h5,13H,1-4H2. The molecule has 0 unspecified atom stereocenters. The summed E-state index contributed by atoms with van der Waals surface area (Å²) in [4.78, 5) is 5.29. The van der Waals surface area contributed by atoms with Crippen LogP contribution in [0.1, 0.15) is 12.8 Å². The molecule has 0 heterocycles. The Bertz CT molecular complexity index is 249. The van der Waals surface area contributed by atoms with Crippen molar-refractivity contribution in [1.82, 2.24) is 0 Å². The van der Waals surface area contributed by atoms with Gasteiger partial charge in [-0.2, -0.15) is 0 Å². The lowest BCUT2D eigenvalue weighted by molar-refractivity contribution is -0.0201. The fraction of sp³-hybridized carbons (Fsp3) is 1.00. The molecule has 0 amide bonds. The van der Waals surface area contributed by atoms with E-state index in [0.717, 1.165) is 0 Å². The Kier molecular flexibility index (Phi) is 2.97. The maximum absolute atomic E-state index is 9.11. The number of aliphatic hydroxyl groups is 1. The van der Waals surface area contributed by atoms with Gasteiger partial charge in [0.15, 0.2) is 0 Å². The van der Waals surface area contributed by atoms with Gasteiger partial charge in [-0.15, -0.1) is 0 Å². The monoisotopic (exact) mass is 182 g/mol. The first-order chi connectivity index (χ1) is 6.22. The van der Waals surface area contributed by atoms with Crippen molar-refractivity contribution in [3.05, 3.63) is 20.9 Å². The third-order valence-corrected chi connectivity index (χ3v) is 2.28. The molecule has 0 aromatic rings. The van der Waals surface area contributed by atoms with E-state index in [-0.39, 0.29) is 11.5 Å². The number of azide groups is 2. The summed E-state index contributed by atoms with van der Waals surface area (Å²) in [6, 6.07) is 0. The molecule has 0 spiro atoms. The molecule has 7 nitrogen and oxygen atoms in total. The van der Waals surface area contributed by atoms with Crippen LogP contribution >= 0.6 is 0 Å². The largest absolute Gasteiger partial charge is 0.393 e. The van der Waals surface area contributed by atoms with Gasteiger partial charge in [0.05, 0.1) is 6.10 Å². The normalized spacial score (nSPS) is 31.0. The smallest absolute Gasteiger partial charge is 0.0550 e. The second-order valence-electron chi connectivity index (χ2n) is 3.34. The minimum atomic E-state index is -0.345. The lowest BCUT2D eigenvalue weighted by Crippen LogP contribution is -2.45. The molecule has 0 aromatic heterocycles. The zero-order valence-corrected chi connectivity index (χ0v) is 7.04. The molecular weight excluding hydrogens is 172 g/mol. The average molecular weight is 182 g/mol. The first kappa shape index (κ1) is 9.67. The fourth-order valence-corrected chi connectivity index (χ4v) is 1.61. The van der Waals surface area contributed by atoms with E-state index in [1.54, 1.807) is 0 Å². The molecule has 1 rings (SSSR count). The van der Waals surface area contributed by atoms with E-state index in [1.807, 2.05) is 0 Å². The predicted octanol–water partition coefficient (Wildman–Crippen LogP) is 1.75. The Morgan fingerprint density at radius 1 is 1.23 bits per heavy atom. The van der Waals surface area contributed by atoms with E-state index in [1.165, 1.54) is 0 Å². The van der Waals surface area contributed by atoms with Crippen LogP contribution in [-0.4, -0.2) is 24.3 Å². The van der Waals surface area contributed by atoms with Crippen LogP contribution in [0, 0.1) is 5.41 Å². The molecule has 0 atom stereocenters. The third-order valence-electron chi connectivity index (χ3n) is 2.28. The SMILES string of the molecule is [N-]=[N+]=NCC1(CN=[N+]=[N-])CC(O)C1. The Morgan fingerprint density at radius 2 is 1.69 bits per heavy atom. The first-order valence-corrected chi connectivity index (χ1v) is 3.92. The molecule has 13 heavy (non-hydrogen) atoms. The molecule has 0 radical (unpaired) electrons. The van der Waals surface area contributed by atoms with Crippen LogP contribution in [0.2, 0.25) is 0 Å². The molecule has 1 aliphatic carbocycles. The van der Waals surface area contributed by atoms with Crippen molar-refractivity contribution in [2.75, 3.05) is 13.1 Å². The van der Waals surface area contributed by atoms with Crippen LogP contribution in [0.25, 0.3) is 20.9 Å². The second-order valence-corrected chi connectivity index (χ2v) is 3.34. The van der Waals surface area contributed by atoms with Crippen LogP contribution < -0.4 is 0 Å². The summed E-state index contributed by atoms with van der Waals surface area (Å²) in [5.41, 5.74) is 16.0. The minimum Gasteiger partial charge on any atom is -0.393 e. The van der Waals surface area contributed by atoms with E-state index in [2.05, 4.69) is 20.1 Å². The Balaban J connectivity index is 2.54. The van der Waals surface area contributed by atoms with Gasteiger partial charge in [-0.1, -0.05) is 10.2 Å². The summed E-state index contributed by atoms with van der Waals surface area (Å²) in [7, 11) is 0. The average Bonchev–Trinajstić information content (AvgIpc) is 2.08. The van der Waals surface area contributed by atoms with Crippen molar-refractivity contribution in [3.63, 3.8) is 0 Å². The van der Waals surface area contributed by atoms with Crippen LogP contribution in [0.5, 0.6) is 0 Å². The van der Waals surface area contributed by atoms with Gasteiger partial charge in [0, 0.05) is 22.9 Å². The Labute approximate surface area is 74.6 Å². The van der Waals surface area contributed by atoms with Gasteiger partial charge in [-0.05, 0) is 29.3 Å². The fourth-order valence-electron chi connectivity index (χ4n) is 1.61. The van der Waals surface area contributed by atoms with Gasteiger partial charge in [-0.3, -0.25) is 0 Å². The van der Waals surface area contributed by atoms with Gasteiger partial charge < -0.3 is 5.11 Å². The summed E-state index contributed by atoms with van der Waals surface area (Å²) in [6.07, 6.45) is 0.749.